The Labute approximate surface area is 115 Å². The summed E-state index contributed by atoms with van der Waals surface area (Å²) >= 11 is 1.49. The van der Waals surface area contributed by atoms with Gasteiger partial charge < -0.3 is 15.5 Å². The molecule has 0 bridgehead atoms. The van der Waals surface area contributed by atoms with E-state index in [4.69, 9.17) is 5.11 Å². The average molecular weight is 277 g/mol. The molecule has 19 heavy (non-hydrogen) atoms. The van der Waals surface area contributed by atoms with Crippen LogP contribution in [0, 0.1) is 0 Å². The lowest BCUT2D eigenvalue weighted by Gasteiger charge is -2.05. The molecule has 0 aliphatic carbocycles. The van der Waals surface area contributed by atoms with Crippen molar-refractivity contribution in [2.75, 3.05) is 0 Å². The minimum Gasteiger partial charge on any atom is -0.508 e. The highest BCUT2D eigenvalue weighted by Crippen LogP contribution is 2.18. The van der Waals surface area contributed by atoms with Crippen LogP contribution in [0.1, 0.15) is 15.3 Å². The van der Waals surface area contributed by atoms with E-state index in [0.717, 1.165) is 15.3 Å². The molecule has 0 atom stereocenters. The van der Waals surface area contributed by atoms with Crippen LogP contribution in [0.4, 0.5) is 0 Å². The smallest absolute Gasteiger partial charge is 0.308 e. The van der Waals surface area contributed by atoms with Gasteiger partial charge >= 0.3 is 5.97 Å². The first kappa shape index (κ1) is 13.6. The van der Waals surface area contributed by atoms with Gasteiger partial charge in [0.25, 0.3) is 0 Å². The molecule has 4 nitrogen and oxygen atoms in total. The van der Waals surface area contributed by atoms with Crippen molar-refractivity contribution in [1.82, 2.24) is 5.32 Å². The van der Waals surface area contributed by atoms with E-state index < -0.39 is 5.97 Å². The second-order valence-electron chi connectivity index (χ2n) is 4.17. The summed E-state index contributed by atoms with van der Waals surface area (Å²) in [4.78, 5) is 12.5. The van der Waals surface area contributed by atoms with E-state index in [1.165, 1.54) is 11.3 Å². The normalized spacial score (nSPS) is 10.5. The van der Waals surface area contributed by atoms with E-state index in [9.17, 15) is 9.90 Å². The lowest BCUT2D eigenvalue weighted by Crippen LogP contribution is -2.11. The molecule has 5 heteroatoms. The highest BCUT2D eigenvalue weighted by molar-refractivity contribution is 7.12. The molecule has 100 valence electrons. The third-order valence-corrected chi connectivity index (χ3v) is 3.73. The topological polar surface area (TPSA) is 69.6 Å². The zero-order valence-electron chi connectivity index (χ0n) is 10.3. The van der Waals surface area contributed by atoms with E-state index >= 15 is 0 Å². The Morgan fingerprint density at radius 1 is 1.11 bits per heavy atom. The lowest BCUT2D eigenvalue weighted by atomic mass is 10.2. The van der Waals surface area contributed by atoms with Crippen molar-refractivity contribution in [2.24, 2.45) is 0 Å². The third-order valence-electron chi connectivity index (χ3n) is 2.65. The molecule has 0 saturated heterocycles. The van der Waals surface area contributed by atoms with Gasteiger partial charge in [0.15, 0.2) is 0 Å². The van der Waals surface area contributed by atoms with Crippen LogP contribution < -0.4 is 5.32 Å². The number of hydrogen-bond acceptors (Lipinski definition) is 4. The number of hydrogen-bond donors (Lipinski definition) is 3. The highest BCUT2D eigenvalue weighted by atomic mass is 32.1. The molecule has 3 N–H and O–H groups in total. The van der Waals surface area contributed by atoms with Crippen LogP contribution in [0.3, 0.4) is 0 Å². The second kappa shape index (κ2) is 6.36. The molecule has 0 spiro atoms. The van der Waals surface area contributed by atoms with Crippen molar-refractivity contribution < 1.29 is 15.0 Å². The summed E-state index contributed by atoms with van der Waals surface area (Å²) in [5.41, 5.74) is 0.852. The first-order valence-corrected chi connectivity index (χ1v) is 6.74. The Morgan fingerprint density at radius 3 is 2.58 bits per heavy atom. The number of thiophene rings is 1. The monoisotopic (exact) mass is 277 g/mol. The third kappa shape index (κ3) is 4.08. The number of aliphatic carboxylic acids is 1. The molecule has 0 amide bonds. The van der Waals surface area contributed by atoms with Crippen molar-refractivity contribution in [3.8, 4) is 5.75 Å². The van der Waals surface area contributed by atoms with E-state index in [-0.39, 0.29) is 12.2 Å². The zero-order chi connectivity index (χ0) is 13.7. The number of phenols is 1. The summed E-state index contributed by atoms with van der Waals surface area (Å²) < 4.78 is 0. The molecule has 1 aromatic heterocycles. The molecule has 0 unspecified atom stereocenters. The van der Waals surface area contributed by atoms with Gasteiger partial charge in [-0.3, -0.25) is 4.79 Å². The Balaban J connectivity index is 1.84. The average Bonchev–Trinajstić information content (AvgIpc) is 2.78. The maximum absolute atomic E-state index is 10.6. The van der Waals surface area contributed by atoms with Gasteiger partial charge in [-0.05, 0) is 18.2 Å². The van der Waals surface area contributed by atoms with Crippen LogP contribution in [0.25, 0.3) is 0 Å². The largest absolute Gasteiger partial charge is 0.508 e. The molecule has 0 saturated carbocycles. The molecule has 0 aliphatic rings. The molecular formula is C14H15NO3S. The molecule has 0 fully saturated rings. The minimum atomic E-state index is -0.810. The fourth-order valence-corrected chi connectivity index (χ4v) is 2.72. The number of carboxylic acid groups (broad SMARTS) is 1. The van der Waals surface area contributed by atoms with E-state index in [1.54, 1.807) is 12.1 Å². The van der Waals surface area contributed by atoms with Crippen LogP contribution in [-0.2, 0) is 24.3 Å². The Hall–Kier alpha value is -1.85. The highest BCUT2D eigenvalue weighted by Gasteiger charge is 2.05. The van der Waals surface area contributed by atoms with Crippen LogP contribution in [0.5, 0.6) is 5.75 Å². The SMILES string of the molecule is O=C(O)Cc1ccc(CNCc2ccccc2O)s1. The van der Waals surface area contributed by atoms with E-state index in [0.29, 0.717) is 13.1 Å². The number of benzene rings is 1. The number of phenolic OH excluding ortho intramolecular Hbond substituents is 1. The Kier molecular flexibility index (Phi) is 4.54. The lowest BCUT2D eigenvalue weighted by molar-refractivity contribution is -0.136. The maximum atomic E-state index is 10.6. The van der Waals surface area contributed by atoms with Crippen molar-refractivity contribution in [3.63, 3.8) is 0 Å². The van der Waals surface area contributed by atoms with Crippen LogP contribution in [0.15, 0.2) is 36.4 Å². The van der Waals surface area contributed by atoms with Gasteiger partial charge in [0.2, 0.25) is 0 Å². The number of carbonyl (C=O) groups is 1. The summed E-state index contributed by atoms with van der Waals surface area (Å²) in [6, 6.07) is 11.0. The van der Waals surface area contributed by atoms with E-state index in [1.807, 2.05) is 24.3 Å². The van der Waals surface area contributed by atoms with Crippen molar-refractivity contribution in [2.45, 2.75) is 19.5 Å². The quantitative estimate of drug-likeness (QED) is 0.758. The van der Waals surface area contributed by atoms with Gasteiger partial charge in [-0.15, -0.1) is 11.3 Å². The Bertz CT molecular complexity index is 565. The summed E-state index contributed by atoms with van der Waals surface area (Å²) in [6.07, 6.45) is 0.0736. The number of para-hydroxylation sites is 1. The van der Waals surface area contributed by atoms with E-state index in [2.05, 4.69) is 5.32 Å². The first-order chi connectivity index (χ1) is 9.15. The molecule has 1 aromatic carbocycles. The first-order valence-electron chi connectivity index (χ1n) is 5.92. The van der Waals surface area contributed by atoms with Gasteiger partial charge in [-0.1, -0.05) is 18.2 Å². The molecule has 2 rings (SSSR count). The standard InChI is InChI=1S/C14H15NO3S/c16-13-4-2-1-3-10(13)8-15-9-12-6-5-11(19-12)7-14(17)18/h1-6,15-16H,7-9H2,(H,17,18). The molecule has 2 aromatic rings. The second-order valence-corrected chi connectivity index (χ2v) is 5.42. The number of rotatable bonds is 6. The Morgan fingerprint density at radius 2 is 1.84 bits per heavy atom. The van der Waals surface area contributed by atoms with Crippen LogP contribution in [0.2, 0.25) is 0 Å². The summed E-state index contributed by atoms with van der Waals surface area (Å²) in [5, 5.41) is 21.5. The van der Waals surface area contributed by atoms with Crippen molar-refractivity contribution >= 4 is 17.3 Å². The minimum absolute atomic E-state index is 0.0736. The number of carboxylic acids is 1. The molecule has 0 radical (unpaired) electrons. The van der Waals surface area contributed by atoms with Gasteiger partial charge in [0.1, 0.15) is 5.75 Å². The fourth-order valence-electron chi connectivity index (χ4n) is 1.74. The fraction of sp³-hybridized carbons (Fsp3) is 0.214. The van der Waals surface area contributed by atoms with Crippen LogP contribution >= 0.6 is 11.3 Å². The van der Waals surface area contributed by atoms with Gasteiger partial charge in [-0.2, -0.15) is 0 Å². The van der Waals surface area contributed by atoms with Gasteiger partial charge in [0, 0.05) is 28.4 Å². The maximum Gasteiger partial charge on any atom is 0.308 e. The molecular weight excluding hydrogens is 262 g/mol. The summed E-state index contributed by atoms with van der Waals surface area (Å²) in [6.45, 7) is 1.25. The molecule has 0 aliphatic heterocycles. The number of aromatic hydroxyl groups is 1. The zero-order valence-corrected chi connectivity index (χ0v) is 11.1. The van der Waals surface area contributed by atoms with Crippen molar-refractivity contribution in [3.05, 3.63) is 51.7 Å². The predicted molar refractivity (Wildman–Crippen MR) is 74.3 cm³/mol. The van der Waals surface area contributed by atoms with Crippen LogP contribution in [-0.4, -0.2) is 16.2 Å². The summed E-state index contributed by atoms with van der Waals surface area (Å²) in [5.74, 6) is -0.525. The van der Waals surface area contributed by atoms with Gasteiger partial charge in [0.05, 0.1) is 6.42 Å². The predicted octanol–water partition coefficient (Wildman–Crippen LogP) is 2.37. The van der Waals surface area contributed by atoms with Gasteiger partial charge in [-0.25, -0.2) is 0 Å². The molecule has 1 heterocycles. The summed E-state index contributed by atoms with van der Waals surface area (Å²) in [7, 11) is 0. The number of nitrogens with one attached hydrogen (secondary N) is 1. The van der Waals surface area contributed by atoms with Crippen molar-refractivity contribution in [1.29, 1.82) is 0 Å².